The lowest BCUT2D eigenvalue weighted by molar-refractivity contribution is 0.00217. The smallest absolute Gasteiger partial charge is 0.177 e. The zero-order chi connectivity index (χ0) is 18.3. The Morgan fingerprint density at radius 2 is 1.63 bits per heavy atom. The number of nitrogens with zero attached hydrogens (tertiary/aromatic N) is 4. The zero-order valence-corrected chi connectivity index (χ0v) is 16.8. The van der Waals surface area contributed by atoms with Gasteiger partial charge in [0.2, 0.25) is 0 Å². The predicted molar refractivity (Wildman–Crippen MR) is 105 cm³/mol. The van der Waals surface area contributed by atoms with Gasteiger partial charge in [-0.15, -0.1) is 10.2 Å². The average molecular weight is 376 g/mol. The van der Waals surface area contributed by atoms with Crippen LogP contribution in [0.2, 0.25) is 0 Å². The largest absolute Gasteiger partial charge is 0.377 e. The van der Waals surface area contributed by atoms with Gasteiger partial charge >= 0.3 is 0 Å². The minimum atomic E-state index is 0.473. The standard InChI is InChI=1S/C21H37N5O/c1-2-4-17(5-3-1)16-18-6-8-20(9-7-18)27-15-14-26-12-10-19(11-13-26)21-22-24-25-23-21/h17-20H,1-16H2,(H,22,23,24,25). The monoisotopic (exact) mass is 375 g/mol. The number of hydrogen-bond donors (Lipinski definition) is 1. The van der Waals surface area contributed by atoms with Crippen LogP contribution < -0.4 is 0 Å². The van der Waals surface area contributed by atoms with Gasteiger partial charge in [0.25, 0.3) is 0 Å². The highest BCUT2D eigenvalue weighted by atomic mass is 16.5. The van der Waals surface area contributed by atoms with Crippen LogP contribution in [0.1, 0.15) is 88.8 Å². The van der Waals surface area contributed by atoms with Gasteiger partial charge in [-0.05, 0) is 69.9 Å². The second-order valence-electron chi connectivity index (χ2n) is 9.14. The third kappa shape index (κ3) is 5.74. The van der Waals surface area contributed by atoms with Gasteiger partial charge in [0.05, 0.1) is 12.7 Å². The molecule has 6 heteroatoms. The van der Waals surface area contributed by atoms with Crippen molar-refractivity contribution < 1.29 is 4.74 Å². The van der Waals surface area contributed by atoms with Gasteiger partial charge in [-0.3, -0.25) is 0 Å². The SMILES string of the molecule is C1CCC(CC2CCC(OCCN3CCC(c4nn[nH]n4)CC3)CC2)CC1. The van der Waals surface area contributed by atoms with Crippen LogP contribution in [0.15, 0.2) is 0 Å². The van der Waals surface area contributed by atoms with Gasteiger partial charge in [0.1, 0.15) is 0 Å². The Kier molecular flexibility index (Phi) is 7.13. The number of hydrogen-bond acceptors (Lipinski definition) is 5. The van der Waals surface area contributed by atoms with Gasteiger partial charge in [-0.25, -0.2) is 0 Å². The molecule has 0 unspecified atom stereocenters. The lowest BCUT2D eigenvalue weighted by Crippen LogP contribution is -2.36. The van der Waals surface area contributed by atoms with Crippen molar-refractivity contribution in [3.63, 3.8) is 0 Å². The van der Waals surface area contributed by atoms with E-state index >= 15 is 0 Å². The maximum Gasteiger partial charge on any atom is 0.177 e. The van der Waals surface area contributed by atoms with E-state index in [-0.39, 0.29) is 0 Å². The van der Waals surface area contributed by atoms with Gasteiger partial charge in [0.15, 0.2) is 5.82 Å². The number of nitrogens with one attached hydrogen (secondary N) is 1. The first kappa shape index (κ1) is 19.3. The van der Waals surface area contributed by atoms with Crippen LogP contribution >= 0.6 is 0 Å². The Bertz CT molecular complexity index is 515. The summed E-state index contributed by atoms with van der Waals surface area (Å²) in [5.41, 5.74) is 0. The molecule has 4 rings (SSSR count). The number of rotatable bonds is 7. The van der Waals surface area contributed by atoms with E-state index in [1.165, 1.54) is 64.2 Å². The normalized spacial score (nSPS) is 29.2. The van der Waals surface area contributed by atoms with E-state index in [1.54, 1.807) is 0 Å². The molecule has 27 heavy (non-hydrogen) atoms. The number of likely N-dealkylation sites (tertiary alicyclic amines) is 1. The maximum atomic E-state index is 6.24. The molecule has 1 aromatic heterocycles. The summed E-state index contributed by atoms with van der Waals surface area (Å²) in [5.74, 6) is 3.38. The molecular weight excluding hydrogens is 338 g/mol. The molecule has 2 saturated carbocycles. The highest BCUT2D eigenvalue weighted by Crippen LogP contribution is 2.35. The van der Waals surface area contributed by atoms with Crippen LogP contribution in [-0.4, -0.2) is 57.9 Å². The number of aromatic amines is 1. The molecule has 6 nitrogen and oxygen atoms in total. The average Bonchev–Trinajstić information content (AvgIpc) is 3.26. The Labute approximate surface area is 163 Å². The topological polar surface area (TPSA) is 66.9 Å². The molecule has 3 fully saturated rings. The first-order valence-corrected chi connectivity index (χ1v) is 11.4. The van der Waals surface area contributed by atoms with Crippen LogP contribution in [0.4, 0.5) is 0 Å². The lowest BCUT2D eigenvalue weighted by Gasteiger charge is -2.33. The van der Waals surface area contributed by atoms with Gasteiger partial charge in [0, 0.05) is 12.5 Å². The second kappa shape index (κ2) is 9.97. The molecule has 0 radical (unpaired) electrons. The van der Waals surface area contributed by atoms with E-state index in [2.05, 4.69) is 25.5 Å². The molecule has 2 heterocycles. The van der Waals surface area contributed by atoms with Crippen LogP contribution in [0.25, 0.3) is 0 Å². The summed E-state index contributed by atoms with van der Waals surface area (Å²) in [4.78, 5) is 2.53. The van der Waals surface area contributed by atoms with Crippen molar-refractivity contribution in [2.45, 2.75) is 89.1 Å². The third-order valence-electron chi connectivity index (χ3n) is 7.26. The van der Waals surface area contributed by atoms with E-state index in [0.29, 0.717) is 12.0 Å². The van der Waals surface area contributed by atoms with E-state index in [1.807, 2.05) is 0 Å². The fourth-order valence-corrected chi connectivity index (χ4v) is 5.53. The first-order valence-electron chi connectivity index (χ1n) is 11.4. The molecule has 0 aromatic carbocycles. The van der Waals surface area contributed by atoms with Gasteiger partial charge in [-0.1, -0.05) is 37.3 Å². The summed E-state index contributed by atoms with van der Waals surface area (Å²) in [6, 6.07) is 0. The number of tetrazole rings is 1. The summed E-state index contributed by atoms with van der Waals surface area (Å²) in [5, 5.41) is 14.5. The lowest BCUT2D eigenvalue weighted by atomic mass is 9.77. The highest BCUT2D eigenvalue weighted by Gasteiger charge is 2.26. The van der Waals surface area contributed by atoms with E-state index < -0.39 is 0 Å². The predicted octanol–water partition coefficient (Wildman–Crippen LogP) is 3.92. The summed E-state index contributed by atoms with van der Waals surface area (Å²) in [6.45, 7) is 4.21. The molecule has 0 bridgehead atoms. The number of ether oxygens (including phenoxy) is 1. The van der Waals surface area contributed by atoms with Gasteiger partial charge in [-0.2, -0.15) is 5.21 Å². The Morgan fingerprint density at radius 1 is 0.889 bits per heavy atom. The molecule has 2 aliphatic carbocycles. The quantitative estimate of drug-likeness (QED) is 0.782. The van der Waals surface area contributed by atoms with Crippen molar-refractivity contribution in [3.05, 3.63) is 5.82 Å². The molecule has 1 N–H and O–H groups in total. The Morgan fingerprint density at radius 3 is 2.33 bits per heavy atom. The highest BCUT2D eigenvalue weighted by molar-refractivity contribution is 4.94. The molecule has 0 spiro atoms. The molecular formula is C21H37N5O. The van der Waals surface area contributed by atoms with Crippen LogP contribution in [0.5, 0.6) is 0 Å². The summed E-state index contributed by atoms with van der Waals surface area (Å²) < 4.78 is 6.24. The fraction of sp³-hybridized carbons (Fsp3) is 0.952. The molecule has 1 aromatic rings. The summed E-state index contributed by atoms with van der Waals surface area (Å²) in [6.07, 6.45) is 17.1. The van der Waals surface area contributed by atoms with Crippen molar-refractivity contribution in [1.82, 2.24) is 25.5 Å². The van der Waals surface area contributed by atoms with Crippen molar-refractivity contribution >= 4 is 0 Å². The molecule has 0 amide bonds. The number of piperidine rings is 1. The third-order valence-corrected chi connectivity index (χ3v) is 7.26. The van der Waals surface area contributed by atoms with Crippen molar-refractivity contribution in [3.8, 4) is 0 Å². The Balaban J connectivity index is 1.06. The van der Waals surface area contributed by atoms with Gasteiger partial charge < -0.3 is 9.64 Å². The maximum absolute atomic E-state index is 6.24. The number of H-pyrrole nitrogens is 1. The molecule has 1 saturated heterocycles. The number of aromatic nitrogens is 4. The minimum Gasteiger partial charge on any atom is -0.377 e. The van der Waals surface area contributed by atoms with Crippen molar-refractivity contribution in [2.24, 2.45) is 11.8 Å². The molecule has 1 aliphatic heterocycles. The zero-order valence-electron chi connectivity index (χ0n) is 16.8. The van der Waals surface area contributed by atoms with Crippen LogP contribution in [0.3, 0.4) is 0 Å². The second-order valence-corrected chi connectivity index (χ2v) is 9.14. The van der Waals surface area contributed by atoms with Crippen LogP contribution in [0, 0.1) is 11.8 Å². The minimum absolute atomic E-state index is 0.473. The molecule has 152 valence electrons. The Hall–Kier alpha value is -1.01. The van der Waals surface area contributed by atoms with Crippen molar-refractivity contribution in [2.75, 3.05) is 26.2 Å². The first-order chi connectivity index (χ1) is 13.4. The molecule has 3 aliphatic rings. The summed E-state index contributed by atoms with van der Waals surface area (Å²) in [7, 11) is 0. The fourth-order valence-electron chi connectivity index (χ4n) is 5.53. The van der Waals surface area contributed by atoms with E-state index in [0.717, 1.165) is 56.7 Å². The van der Waals surface area contributed by atoms with E-state index in [9.17, 15) is 0 Å². The molecule has 0 atom stereocenters. The van der Waals surface area contributed by atoms with Crippen molar-refractivity contribution in [1.29, 1.82) is 0 Å². The van der Waals surface area contributed by atoms with E-state index in [4.69, 9.17) is 4.74 Å². The van der Waals surface area contributed by atoms with Crippen LogP contribution in [-0.2, 0) is 4.74 Å². The summed E-state index contributed by atoms with van der Waals surface area (Å²) >= 11 is 0.